The van der Waals surface area contributed by atoms with Crippen LogP contribution in [0.5, 0.6) is 0 Å². The number of nitro benzene ring substituents is 1. The van der Waals surface area contributed by atoms with Crippen molar-refractivity contribution in [3.63, 3.8) is 0 Å². The van der Waals surface area contributed by atoms with Crippen molar-refractivity contribution in [2.75, 3.05) is 11.5 Å². The van der Waals surface area contributed by atoms with Crippen LogP contribution in [-0.4, -0.2) is 35.9 Å². The van der Waals surface area contributed by atoms with Gasteiger partial charge in [-0.05, 0) is 12.0 Å². The summed E-state index contributed by atoms with van der Waals surface area (Å²) in [6, 6.07) is 5.59. The van der Waals surface area contributed by atoms with Gasteiger partial charge in [-0.1, -0.05) is 12.1 Å². The lowest BCUT2D eigenvalue weighted by Gasteiger charge is -2.03. The number of rotatable bonds is 7. The second-order valence-corrected chi connectivity index (χ2v) is 6.27. The summed E-state index contributed by atoms with van der Waals surface area (Å²) in [5, 5.41) is 18.8. The molecular formula is C11H13NO6S. The zero-order chi connectivity index (χ0) is 14.5. The SMILES string of the molecule is O=C(O)CCS(=O)(=O)CCc1ccc([N+](=O)[O-])cc1. The van der Waals surface area contributed by atoms with Gasteiger partial charge in [-0.15, -0.1) is 0 Å². The van der Waals surface area contributed by atoms with Gasteiger partial charge in [0.15, 0.2) is 9.84 Å². The summed E-state index contributed by atoms with van der Waals surface area (Å²) in [7, 11) is -3.42. The second kappa shape index (κ2) is 6.28. The minimum atomic E-state index is -3.42. The van der Waals surface area contributed by atoms with E-state index in [0.29, 0.717) is 5.56 Å². The number of aryl methyl sites for hydroxylation is 1. The van der Waals surface area contributed by atoms with Crippen LogP contribution in [0, 0.1) is 10.1 Å². The average Bonchev–Trinajstić information content (AvgIpc) is 2.35. The maximum Gasteiger partial charge on any atom is 0.304 e. The van der Waals surface area contributed by atoms with Crippen molar-refractivity contribution < 1.29 is 23.2 Å². The molecule has 0 aliphatic carbocycles. The first-order chi connectivity index (χ1) is 8.80. The molecule has 0 heterocycles. The number of hydrogen-bond acceptors (Lipinski definition) is 5. The minimum absolute atomic E-state index is 0.0579. The van der Waals surface area contributed by atoms with Crippen molar-refractivity contribution >= 4 is 21.5 Å². The molecule has 0 bridgehead atoms. The molecule has 1 N–H and O–H groups in total. The van der Waals surface area contributed by atoms with Crippen LogP contribution in [0.2, 0.25) is 0 Å². The van der Waals surface area contributed by atoms with Crippen molar-refractivity contribution in [3.05, 3.63) is 39.9 Å². The summed E-state index contributed by atoms with van der Waals surface area (Å²) >= 11 is 0. The average molecular weight is 287 g/mol. The van der Waals surface area contributed by atoms with Crippen molar-refractivity contribution in [2.24, 2.45) is 0 Å². The van der Waals surface area contributed by atoms with Crippen LogP contribution < -0.4 is 0 Å². The number of benzene rings is 1. The first kappa shape index (κ1) is 15.1. The first-order valence-electron chi connectivity index (χ1n) is 5.46. The first-order valence-corrected chi connectivity index (χ1v) is 7.28. The summed E-state index contributed by atoms with van der Waals surface area (Å²) in [6.07, 6.45) is -0.206. The fourth-order valence-corrected chi connectivity index (χ4v) is 2.64. The maximum atomic E-state index is 11.5. The third-order valence-corrected chi connectivity index (χ3v) is 4.13. The number of carboxylic acids is 1. The molecule has 0 radical (unpaired) electrons. The van der Waals surface area contributed by atoms with Crippen LogP contribution in [-0.2, 0) is 21.1 Å². The molecule has 0 saturated carbocycles. The number of nitrogens with zero attached hydrogens (tertiary/aromatic N) is 1. The molecule has 1 aromatic carbocycles. The molecular weight excluding hydrogens is 274 g/mol. The van der Waals surface area contributed by atoms with Gasteiger partial charge in [0.1, 0.15) is 0 Å². The Balaban J connectivity index is 2.56. The molecule has 0 amide bonds. The molecule has 19 heavy (non-hydrogen) atoms. The topological polar surface area (TPSA) is 115 Å². The lowest BCUT2D eigenvalue weighted by Crippen LogP contribution is -2.15. The van der Waals surface area contributed by atoms with Gasteiger partial charge in [-0.3, -0.25) is 14.9 Å². The van der Waals surface area contributed by atoms with Crippen molar-refractivity contribution in [1.82, 2.24) is 0 Å². The van der Waals surface area contributed by atoms with Crippen LogP contribution in [0.15, 0.2) is 24.3 Å². The Labute approximate surface area is 109 Å². The standard InChI is InChI=1S/C11H13NO6S/c13-11(14)6-8-19(17,18)7-5-9-1-3-10(4-2-9)12(15)16/h1-4H,5-8H2,(H,13,14). The van der Waals surface area contributed by atoms with Gasteiger partial charge in [0.25, 0.3) is 5.69 Å². The van der Waals surface area contributed by atoms with Gasteiger partial charge in [0.2, 0.25) is 0 Å². The van der Waals surface area contributed by atoms with Crippen molar-refractivity contribution in [1.29, 1.82) is 0 Å². The number of nitro groups is 1. The lowest BCUT2D eigenvalue weighted by molar-refractivity contribution is -0.384. The third-order valence-electron chi connectivity index (χ3n) is 2.48. The quantitative estimate of drug-likeness (QED) is 0.591. The Morgan fingerprint density at radius 3 is 2.26 bits per heavy atom. The van der Waals surface area contributed by atoms with E-state index in [9.17, 15) is 23.3 Å². The fourth-order valence-electron chi connectivity index (χ4n) is 1.40. The molecule has 0 fully saturated rings. The molecule has 0 unspecified atom stereocenters. The normalized spacial score (nSPS) is 11.2. The van der Waals surface area contributed by atoms with E-state index >= 15 is 0 Å². The van der Waals surface area contributed by atoms with Crippen LogP contribution in [0.1, 0.15) is 12.0 Å². The zero-order valence-corrected chi connectivity index (χ0v) is 10.8. The highest BCUT2D eigenvalue weighted by molar-refractivity contribution is 7.91. The van der Waals surface area contributed by atoms with Crippen LogP contribution in [0.25, 0.3) is 0 Å². The molecule has 104 valence electrons. The third kappa shape index (κ3) is 5.47. The van der Waals surface area contributed by atoms with Gasteiger partial charge in [-0.25, -0.2) is 8.42 Å². The van der Waals surface area contributed by atoms with Gasteiger partial charge in [-0.2, -0.15) is 0 Å². The van der Waals surface area contributed by atoms with Gasteiger partial charge in [0.05, 0.1) is 22.8 Å². The fraction of sp³-hybridized carbons (Fsp3) is 0.364. The van der Waals surface area contributed by atoms with Crippen LogP contribution in [0.3, 0.4) is 0 Å². The van der Waals surface area contributed by atoms with Crippen LogP contribution >= 0.6 is 0 Å². The van der Waals surface area contributed by atoms with Gasteiger partial charge >= 0.3 is 5.97 Å². The van der Waals surface area contributed by atoms with E-state index in [1.165, 1.54) is 24.3 Å². The monoisotopic (exact) mass is 287 g/mol. The predicted octanol–water partition coefficient (Wildman–Crippen LogP) is 1.03. The number of carboxylic acid groups (broad SMARTS) is 1. The summed E-state index contributed by atoms with van der Waals surface area (Å²) in [4.78, 5) is 20.2. The Kier molecular flexibility index (Phi) is 4.99. The Hall–Kier alpha value is -1.96. The van der Waals surface area contributed by atoms with E-state index in [1.807, 2.05) is 0 Å². The Bertz CT molecular complexity index is 563. The highest BCUT2D eigenvalue weighted by Gasteiger charge is 2.13. The van der Waals surface area contributed by atoms with Crippen molar-refractivity contribution in [3.8, 4) is 0 Å². The lowest BCUT2D eigenvalue weighted by atomic mass is 10.1. The molecule has 0 spiro atoms. The number of sulfone groups is 1. The van der Waals surface area contributed by atoms with E-state index < -0.39 is 32.9 Å². The molecule has 0 aliphatic rings. The summed E-state index contributed by atoms with van der Waals surface area (Å²) < 4.78 is 23.0. The number of carbonyl (C=O) groups is 1. The summed E-state index contributed by atoms with van der Waals surface area (Å²) in [5.41, 5.74) is 0.599. The Morgan fingerprint density at radius 2 is 1.79 bits per heavy atom. The molecule has 8 heteroatoms. The molecule has 0 aliphatic heterocycles. The summed E-state index contributed by atoms with van der Waals surface area (Å²) in [5.74, 6) is -1.72. The second-order valence-electron chi connectivity index (χ2n) is 3.97. The largest absolute Gasteiger partial charge is 0.481 e. The van der Waals surface area contributed by atoms with Gasteiger partial charge < -0.3 is 5.11 Å². The van der Waals surface area contributed by atoms with Gasteiger partial charge in [0, 0.05) is 12.1 Å². The number of non-ortho nitro benzene ring substituents is 1. The molecule has 7 nitrogen and oxygen atoms in total. The highest BCUT2D eigenvalue weighted by Crippen LogP contribution is 2.13. The molecule has 1 aromatic rings. The number of hydrogen-bond donors (Lipinski definition) is 1. The Morgan fingerprint density at radius 1 is 1.21 bits per heavy atom. The predicted molar refractivity (Wildman–Crippen MR) is 67.7 cm³/mol. The maximum absolute atomic E-state index is 11.5. The van der Waals surface area contributed by atoms with E-state index in [-0.39, 0.29) is 17.9 Å². The minimum Gasteiger partial charge on any atom is -0.481 e. The van der Waals surface area contributed by atoms with E-state index in [2.05, 4.69) is 0 Å². The van der Waals surface area contributed by atoms with E-state index in [1.54, 1.807) is 0 Å². The molecule has 1 rings (SSSR count). The smallest absolute Gasteiger partial charge is 0.304 e. The molecule has 0 atom stereocenters. The van der Waals surface area contributed by atoms with E-state index in [0.717, 1.165) is 0 Å². The molecule has 0 aromatic heterocycles. The highest BCUT2D eigenvalue weighted by atomic mass is 32.2. The zero-order valence-electron chi connectivity index (χ0n) is 9.98. The summed E-state index contributed by atoms with van der Waals surface area (Å²) in [6.45, 7) is 0. The van der Waals surface area contributed by atoms with E-state index in [4.69, 9.17) is 5.11 Å². The molecule has 0 saturated heterocycles. The van der Waals surface area contributed by atoms with Crippen LogP contribution in [0.4, 0.5) is 5.69 Å². The number of aliphatic carboxylic acids is 1. The van der Waals surface area contributed by atoms with Crippen molar-refractivity contribution in [2.45, 2.75) is 12.8 Å².